The third kappa shape index (κ3) is 3.72. The Morgan fingerprint density at radius 3 is 2.41 bits per heavy atom. The molecule has 2 rings (SSSR count). The van der Waals surface area contributed by atoms with Crippen LogP contribution in [-0.4, -0.2) is 23.9 Å². The summed E-state index contributed by atoms with van der Waals surface area (Å²) in [6.45, 7) is 5.90. The van der Waals surface area contributed by atoms with E-state index in [1.807, 2.05) is 0 Å². The average Bonchev–Trinajstić information content (AvgIpc) is 2.34. The molecular weight excluding hydrogens is 230 g/mol. The number of hydrogen-bond donors (Lipinski definition) is 0. The molecule has 0 N–H and O–H groups in total. The zero-order valence-electron chi connectivity index (χ0n) is 10.7. The smallest absolute Gasteiger partial charge is 0.0233 e. The Labute approximate surface area is 110 Å². The highest BCUT2D eigenvalue weighted by Crippen LogP contribution is 2.34. The van der Waals surface area contributed by atoms with Gasteiger partial charge in [0, 0.05) is 12.4 Å². The molecule has 0 atom stereocenters. The Morgan fingerprint density at radius 2 is 1.82 bits per heavy atom. The second-order valence-corrected chi connectivity index (χ2v) is 5.89. The van der Waals surface area contributed by atoms with Crippen LogP contribution in [0.25, 0.3) is 0 Å². The first-order valence-electron chi connectivity index (χ1n) is 6.54. The summed E-state index contributed by atoms with van der Waals surface area (Å²) < 4.78 is 0. The van der Waals surface area contributed by atoms with Crippen LogP contribution >= 0.6 is 11.6 Å². The Morgan fingerprint density at radius 1 is 1.18 bits per heavy atom. The highest BCUT2D eigenvalue weighted by Gasteiger charge is 2.29. The zero-order chi connectivity index (χ0) is 12.1. The van der Waals surface area contributed by atoms with Gasteiger partial charge in [-0.2, -0.15) is 0 Å². The molecule has 0 aromatic heterocycles. The van der Waals surface area contributed by atoms with Crippen LogP contribution in [0.3, 0.4) is 0 Å². The summed E-state index contributed by atoms with van der Waals surface area (Å²) >= 11 is 5.88. The van der Waals surface area contributed by atoms with Gasteiger partial charge in [0.2, 0.25) is 0 Å². The standard InChI is InChI=1S/C15H22ClN/c1-15(7-10-16)8-11-17(12-9-15)13-14-5-3-2-4-6-14/h2-6H,7-13H2,1H3. The number of benzene rings is 1. The van der Waals surface area contributed by atoms with Crippen LogP contribution in [0.1, 0.15) is 31.7 Å². The highest BCUT2D eigenvalue weighted by atomic mass is 35.5. The molecule has 0 aliphatic carbocycles. The number of likely N-dealkylation sites (tertiary alicyclic amines) is 1. The van der Waals surface area contributed by atoms with Crippen molar-refractivity contribution in [2.75, 3.05) is 19.0 Å². The van der Waals surface area contributed by atoms with E-state index in [2.05, 4.69) is 42.2 Å². The van der Waals surface area contributed by atoms with Crippen molar-refractivity contribution in [3.63, 3.8) is 0 Å². The van der Waals surface area contributed by atoms with Gasteiger partial charge in [-0.25, -0.2) is 0 Å². The predicted molar refractivity (Wildman–Crippen MR) is 74.4 cm³/mol. The fourth-order valence-corrected chi connectivity index (χ4v) is 3.03. The van der Waals surface area contributed by atoms with Gasteiger partial charge in [0.25, 0.3) is 0 Å². The molecule has 0 saturated carbocycles. The molecule has 0 bridgehead atoms. The normalized spacial score (nSPS) is 20.4. The maximum Gasteiger partial charge on any atom is 0.0233 e. The maximum absolute atomic E-state index is 5.88. The van der Waals surface area contributed by atoms with Gasteiger partial charge < -0.3 is 0 Å². The van der Waals surface area contributed by atoms with Crippen molar-refractivity contribution in [3.8, 4) is 0 Å². The molecule has 1 nitrogen and oxygen atoms in total. The molecule has 0 unspecified atom stereocenters. The monoisotopic (exact) mass is 251 g/mol. The lowest BCUT2D eigenvalue weighted by Crippen LogP contribution is -2.38. The predicted octanol–water partition coefficient (Wildman–Crippen LogP) is 3.92. The molecule has 1 aliphatic heterocycles. The molecule has 0 radical (unpaired) electrons. The minimum absolute atomic E-state index is 0.481. The molecule has 1 fully saturated rings. The second kappa shape index (κ2) is 5.88. The van der Waals surface area contributed by atoms with E-state index in [1.165, 1.54) is 31.5 Å². The first-order valence-corrected chi connectivity index (χ1v) is 7.08. The van der Waals surface area contributed by atoms with Crippen LogP contribution in [-0.2, 0) is 6.54 Å². The van der Waals surface area contributed by atoms with E-state index in [9.17, 15) is 0 Å². The number of piperidine rings is 1. The third-order valence-electron chi connectivity index (χ3n) is 4.01. The van der Waals surface area contributed by atoms with Crippen molar-refractivity contribution in [2.45, 2.75) is 32.7 Å². The Kier molecular flexibility index (Phi) is 4.47. The number of nitrogens with zero attached hydrogens (tertiary/aromatic N) is 1. The van der Waals surface area contributed by atoms with Crippen molar-refractivity contribution in [1.29, 1.82) is 0 Å². The largest absolute Gasteiger partial charge is 0.299 e. The van der Waals surface area contributed by atoms with Gasteiger partial charge >= 0.3 is 0 Å². The van der Waals surface area contributed by atoms with E-state index in [-0.39, 0.29) is 0 Å². The molecular formula is C15H22ClN. The fraction of sp³-hybridized carbons (Fsp3) is 0.600. The van der Waals surface area contributed by atoms with Gasteiger partial charge in [0.05, 0.1) is 0 Å². The van der Waals surface area contributed by atoms with Crippen LogP contribution in [0, 0.1) is 5.41 Å². The molecule has 1 aliphatic rings. The minimum Gasteiger partial charge on any atom is -0.299 e. The van der Waals surface area contributed by atoms with E-state index in [0.29, 0.717) is 5.41 Å². The quantitative estimate of drug-likeness (QED) is 0.734. The molecule has 0 amide bonds. The molecule has 1 saturated heterocycles. The molecule has 2 heteroatoms. The van der Waals surface area contributed by atoms with E-state index in [4.69, 9.17) is 11.6 Å². The highest BCUT2D eigenvalue weighted by molar-refractivity contribution is 6.17. The van der Waals surface area contributed by atoms with Crippen LogP contribution < -0.4 is 0 Å². The average molecular weight is 252 g/mol. The summed E-state index contributed by atoms with van der Waals surface area (Å²) in [4.78, 5) is 2.56. The Balaban J connectivity index is 1.83. The Hall–Kier alpha value is -0.530. The minimum atomic E-state index is 0.481. The molecule has 0 spiro atoms. The van der Waals surface area contributed by atoms with E-state index < -0.39 is 0 Å². The molecule has 17 heavy (non-hydrogen) atoms. The lowest BCUT2D eigenvalue weighted by molar-refractivity contribution is 0.110. The molecule has 94 valence electrons. The van der Waals surface area contributed by atoms with Crippen molar-refractivity contribution >= 4 is 11.6 Å². The molecule has 1 heterocycles. The second-order valence-electron chi connectivity index (χ2n) is 5.51. The van der Waals surface area contributed by atoms with Crippen LogP contribution in [0.4, 0.5) is 0 Å². The van der Waals surface area contributed by atoms with Crippen LogP contribution in [0.2, 0.25) is 0 Å². The van der Waals surface area contributed by atoms with E-state index in [1.54, 1.807) is 0 Å². The van der Waals surface area contributed by atoms with Crippen molar-refractivity contribution in [2.24, 2.45) is 5.41 Å². The third-order valence-corrected chi connectivity index (χ3v) is 4.20. The van der Waals surface area contributed by atoms with Crippen molar-refractivity contribution < 1.29 is 0 Å². The van der Waals surface area contributed by atoms with Gasteiger partial charge in [-0.3, -0.25) is 4.90 Å². The summed E-state index contributed by atoms with van der Waals surface area (Å²) in [5.41, 5.74) is 1.91. The van der Waals surface area contributed by atoms with Crippen LogP contribution in [0.15, 0.2) is 30.3 Å². The number of rotatable bonds is 4. The van der Waals surface area contributed by atoms with Crippen LogP contribution in [0.5, 0.6) is 0 Å². The number of halogens is 1. The SMILES string of the molecule is CC1(CCCl)CCN(Cc2ccccc2)CC1. The summed E-state index contributed by atoms with van der Waals surface area (Å²) in [7, 11) is 0. The van der Waals surface area contributed by atoms with Gasteiger partial charge in [0.1, 0.15) is 0 Å². The van der Waals surface area contributed by atoms with Gasteiger partial charge in [-0.15, -0.1) is 11.6 Å². The topological polar surface area (TPSA) is 3.24 Å². The van der Waals surface area contributed by atoms with Gasteiger partial charge in [0.15, 0.2) is 0 Å². The summed E-state index contributed by atoms with van der Waals surface area (Å²) in [5.74, 6) is 0.801. The van der Waals surface area contributed by atoms with Gasteiger partial charge in [-0.05, 0) is 43.3 Å². The zero-order valence-corrected chi connectivity index (χ0v) is 11.4. The first-order chi connectivity index (χ1) is 8.22. The van der Waals surface area contributed by atoms with Gasteiger partial charge in [-0.1, -0.05) is 37.3 Å². The molecule has 1 aromatic carbocycles. The number of alkyl halides is 1. The van der Waals surface area contributed by atoms with E-state index >= 15 is 0 Å². The summed E-state index contributed by atoms with van der Waals surface area (Å²) in [5, 5.41) is 0. The maximum atomic E-state index is 5.88. The summed E-state index contributed by atoms with van der Waals surface area (Å²) in [6, 6.07) is 10.8. The lowest BCUT2D eigenvalue weighted by atomic mass is 9.78. The fourth-order valence-electron chi connectivity index (χ4n) is 2.57. The summed E-state index contributed by atoms with van der Waals surface area (Å²) in [6.07, 6.45) is 3.73. The van der Waals surface area contributed by atoms with Crippen molar-refractivity contribution in [3.05, 3.63) is 35.9 Å². The molecule has 1 aromatic rings. The lowest BCUT2D eigenvalue weighted by Gasteiger charge is -2.39. The number of hydrogen-bond acceptors (Lipinski definition) is 1. The van der Waals surface area contributed by atoms with Crippen molar-refractivity contribution in [1.82, 2.24) is 4.90 Å². The first kappa shape index (κ1) is 12.9. The van der Waals surface area contributed by atoms with E-state index in [0.717, 1.165) is 18.8 Å². The Bertz CT molecular complexity index is 328.